The van der Waals surface area contributed by atoms with Gasteiger partial charge in [-0.05, 0) is 37.8 Å². The van der Waals surface area contributed by atoms with E-state index in [1.807, 2.05) is 25.1 Å². The Morgan fingerprint density at radius 1 is 1.03 bits per heavy atom. The highest BCUT2D eigenvalue weighted by Gasteiger charge is 2.24. The maximum atomic E-state index is 12.4. The van der Waals surface area contributed by atoms with Gasteiger partial charge in [0.25, 0.3) is 0 Å². The highest BCUT2D eigenvalue weighted by Crippen LogP contribution is 2.41. The van der Waals surface area contributed by atoms with Crippen LogP contribution in [0.2, 0.25) is 20.1 Å². The summed E-state index contributed by atoms with van der Waals surface area (Å²) < 4.78 is 0. The van der Waals surface area contributed by atoms with Crippen LogP contribution in [0, 0.1) is 0 Å². The molecule has 3 rings (SSSR count). The molecule has 7 nitrogen and oxygen atoms in total. The Hall–Kier alpha value is -1.67. The van der Waals surface area contributed by atoms with Crippen LogP contribution in [0.1, 0.15) is 25.7 Å². The molecule has 1 fully saturated rings. The zero-order chi connectivity index (χ0) is 21.8. The minimum atomic E-state index is -0.407. The van der Waals surface area contributed by atoms with Gasteiger partial charge in [0.15, 0.2) is 0 Å². The summed E-state index contributed by atoms with van der Waals surface area (Å²) in [5.41, 5.74) is 0.196. The van der Waals surface area contributed by atoms with Crippen LogP contribution < -0.4 is 20.9 Å². The van der Waals surface area contributed by atoms with E-state index in [4.69, 9.17) is 46.4 Å². The van der Waals surface area contributed by atoms with Crippen molar-refractivity contribution in [1.82, 2.24) is 15.3 Å². The van der Waals surface area contributed by atoms with E-state index in [0.717, 1.165) is 31.5 Å². The molecule has 0 radical (unpaired) electrons. The lowest BCUT2D eigenvalue weighted by atomic mass is 9.91. The van der Waals surface area contributed by atoms with Gasteiger partial charge in [0.05, 0.1) is 25.8 Å². The maximum absolute atomic E-state index is 12.4. The molecular weight excluding hydrogens is 470 g/mol. The third-order valence-corrected chi connectivity index (χ3v) is 6.42. The number of rotatable bonds is 5. The van der Waals surface area contributed by atoms with E-state index in [0.29, 0.717) is 5.95 Å². The first-order valence-corrected chi connectivity index (χ1v) is 10.9. The number of amides is 2. The number of halogens is 4. The van der Waals surface area contributed by atoms with E-state index in [2.05, 4.69) is 25.9 Å². The smallest absolute Gasteiger partial charge is 0.319 e. The minimum Gasteiger partial charge on any atom is -0.363 e. The summed E-state index contributed by atoms with van der Waals surface area (Å²) in [4.78, 5) is 23.1. The van der Waals surface area contributed by atoms with Gasteiger partial charge in [0.1, 0.15) is 5.82 Å². The van der Waals surface area contributed by atoms with Gasteiger partial charge in [-0.1, -0.05) is 46.4 Å². The molecule has 3 N–H and O–H groups in total. The molecule has 1 aromatic carbocycles. The van der Waals surface area contributed by atoms with Crippen LogP contribution in [-0.4, -0.2) is 42.2 Å². The number of hydrogen-bond acceptors (Lipinski definition) is 5. The molecular formula is C19H22Cl4N6O. The fourth-order valence-corrected chi connectivity index (χ4v) is 4.15. The predicted octanol–water partition coefficient (Wildman–Crippen LogP) is 5.70. The SMILES string of the molecule is CN(C)c1ccnc(N[C@H]2CC[C@@H](NC(=O)Nc3c(Cl)c(Cl)cc(Cl)c3Cl)CC2)n1. The zero-order valence-corrected chi connectivity index (χ0v) is 19.5. The van der Waals surface area contributed by atoms with Gasteiger partial charge in [-0.25, -0.2) is 9.78 Å². The molecule has 0 atom stereocenters. The summed E-state index contributed by atoms with van der Waals surface area (Å²) in [5.74, 6) is 1.45. The van der Waals surface area contributed by atoms with Gasteiger partial charge in [-0.2, -0.15) is 4.98 Å². The van der Waals surface area contributed by atoms with Crippen molar-refractivity contribution in [2.24, 2.45) is 0 Å². The Balaban J connectivity index is 1.51. The Kier molecular flexibility index (Phi) is 7.74. The lowest BCUT2D eigenvalue weighted by molar-refractivity contribution is 0.243. The molecule has 0 aliphatic heterocycles. The summed E-state index contributed by atoms with van der Waals surface area (Å²) in [6.07, 6.45) is 5.13. The quantitative estimate of drug-likeness (QED) is 0.467. The van der Waals surface area contributed by atoms with Crippen LogP contribution in [0.15, 0.2) is 18.3 Å². The fourth-order valence-electron chi connectivity index (χ4n) is 3.25. The molecule has 162 valence electrons. The first-order valence-electron chi connectivity index (χ1n) is 9.42. The highest BCUT2D eigenvalue weighted by molar-refractivity contribution is 6.50. The van der Waals surface area contributed by atoms with Gasteiger partial charge in [0, 0.05) is 32.4 Å². The van der Waals surface area contributed by atoms with E-state index in [1.54, 1.807) is 6.20 Å². The van der Waals surface area contributed by atoms with Crippen molar-refractivity contribution < 1.29 is 4.79 Å². The molecule has 1 aliphatic rings. The third-order valence-electron chi connectivity index (χ3n) is 4.85. The van der Waals surface area contributed by atoms with Crippen LogP contribution in [0.5, 0.6) is 0 Å². The van der Waals surface area contributed by atoms with E-state index in [-0.39, 0.29) is 37.9 Å². The van der Waals surface area contributed by atoms with Crippen molar-refractivity contribution in [2.75, 3.05) is 29.6 Å². The Labute approximate surface area is 195 Å². The molecule has 0 bridgehead atoms. The van der Waals surface area contributed by atoms with Crippen molar-refractivity contribution >= 4 is 69.9 Å². The number of urea groups is 1. The van der Waals surface area contributed by atoms with E-state index >= 15 is 0 Å². The van der Waals surface area contributed by atoms with Gasteiger partial charge < -0.3 is 20.9 Å². The molecule has 2 aromatic rings. The molecule has 0 unspecified atom stereocenters. The van der Waals surface area contributed by atoms with Crippen LogP contribution in [0.25, 0.3) is 0 Å². The number of benzene rings is 1. The lowest BCUT2D eigenvalue weighted by Crippen LogP contribution is -2.42. The second kappa shape index (κ2) is 10.1. The number of anilines is 3. The molecule has 1 aromatic heterocycles. The van der Waals surface area contributed by atoms with Crippen LogP contribution in [-0.2, 0) is 0 Å². The van der Waals surface area contributed by atoms with E-state index in [1.165, 1.54) is 6.07 Å². The van der Waals surface area contributed by atoms with Gasteiger partial charge in [-0.3, -0.25) is 0 Å². The highest BCUT2D eigenvalue weighted by atomic mass is 35.5. The van der Waals surface area contributed by atoms with Crippen molar-refractivity contribution in [3.05, 3.63) is 38.4 Å². The molecule has 1 heterocycles. The van der Waals surface area contributed by atoms with E-state index in [9.17, 15) is 4.79 Å². The lowest BCUT2D eigenvalue weighted by Gasteiger charge is -2.30. The molecule has 30 heavy (non-hydrogen) atoms. The molecule has 0 saturated heterocycles. The Morgan fingerprint density at radius 2 is 1.63 bits per heavy atom. The number of carbonyl (C=O) groups is 1. The van der Waals surface area contributed by atoms with Crippen molar-refractivity contribution in [3.8, 4) is 0 Å². The average Bonchev–Trinajstić information content (AvgIpc) is 2.71. The van der Waals surface area contributed by atoms with Crippen LogP contribution >= 0.6 is 46.4 Å². The number of nitrogens with zero attached hydrogens (tertiary/aromatic N) is 3. The number of nitrogens with one attached hydrogen (secondary N) is 3. The topological polar surface area (TPSA) is 82.2 Å². The monoisotopic (exact) mass is 490 g/mol. The summed E-state index contributed by atoms with van der Waals surface area (Å²) >= 11 is 24.3. The summed E-state index contributed by atoms with van der Waals surface area (Å²) in [7, 11) is 3.87. The normalized spacial score (nSPS) is 18.6. The average molecular weight is 492 g/mol. The number of aromatic nitrogens is 2. The Bertz CT molecular complexity index is 892. The predicted molar refractivity (Wildman–Crippen MR) is 125 cm³/mol. The minimum absolute atomic E-state index is 0.0317. The zero-order valence-electron chi connectivity index (χ0n) is 16.5. The fraction of sp³-hybridized carbons (Fsp3) is 0.421. The number of hydrogen-bond donors (Lipinski definition) is 3. The van der Waals surface area contributed by atoms with Gasteiger partial charge in [0.2, 0.25) is 5.95 Å². The van der Waals surface area contributed by atoms with Crippen LogP contribution in [0.4, 0.5) is 22.2 Å². The maximum Gasteiger partial charge on any atom is 0.319 e. The first kappa shape index (κ1) is 23.0. The second-order valence-electron chi connectivity index (χ2n) is 7.27. The van der Waals surface area contributed by atoms with Crippen molar-refractivity contribution in [2.45, 2.75) is 37.8 Å². The molecule has 2 amide bonds. The van der Waals surface area contributed by atoms with Crippen LogP contribution in [0.3, 0.4) is 0 Å². The van der Waals surface area contributed by atoms with Crippen molar-refractivity contribution in [3.63, 3.8) is 0 Å². The first-order chi connectivity index (χ1) is 14.2. The number of carbonyl (C=O) groups excluding carboxylic acids is 1. The van der Waals surface area contributed by atoms with Crippen molar-refractivity contribution in [1.29, 1.82) is 0 Å². The molecule has 11 heteroatoms. The van der Waals surface area contributed by atoms with Gasteiger partial charge >= 0.3 is 6.03 Å². The van der Waals surface area contributed by atoms with Gasteiger partial charge in [-0.15, -0.1) is 0 Å². The third kappa shape index (κ3) is 5.72. The van der Waals surface area contributed by atoms with E-state index < -0.39 is 6.03 Å². The second-order valence-corrected chi connectivity index (χ2v) is 8.84. The Morgan fingerprint density at radius 3 is 2.23 bits per heavy atom. The molecule has 0 spiro atoms. The standard InChI is InChI=1S/C19H22Cl4N6O/c1-29(2)14-7-8-24-18(27-14)25-10-3-5-11(6-4-10)26-19(30)28-17-15(22)12(20)9-13(21)16(17)23/h7-11H,3-6H2,1-2H3,(H,24,25,27)(H2,26,28,30)/t10-,11+. The largest absolute Gasteiger partial charge is 0.363 e. The summed E-state index contributed by atoms with van der Waals surface area (Å²) in [5, 5.41) is 9.70. The summed E-state index contributed by atoms with van der Waals surface area (Å²) in [6.45, 7) is 0. The molecule has 1 saturated carbocycles. The summed E-state index contributed by atoms with van der Waals surface area (Å²) in [6, 6.07) is 3.17. The molecule has 1 aliphatic carbocycles.